The Bertz CT molecular complexity index is 384. The standard InChI is InChI=1S/C15H24N2O/c1-12-3-4-13(2)15(11-12)18-10-9-17-7-5-14(16)6-8-17/h3-4,11,14H,5-10,16H2,1-2H3. The number of nitrogens with two attached hydrogens (primary N) is 1. The quantitative estimate of drug-likeness (QED) is 0.887. The first-order valence-corrected chi connectivity index (χ1v) is 6.83. The first kappa shape index (κ1) is 13.4. The maximum atomic E-state index is 5.90. The third kappa shape index (κ3) is 3.72. The van der Waals surface area contributed by atoms with Gasteiger partial charge in [0.2, 0.25) is 0 Å². The number of piperidine rings is 1. The number of ether oxygens (including phenoxy) is 1. The molecule has 100 valence electrons. The van der Waals surface area contributed by atoms with Crippen LogP contribution in [0.1, 0.15) is 24.0 Å². The van der Waals surface area contributed by atoms with Crippen molar-refractivity contribution >= 4 is 0 Å². The lowest BCUT2D eigenvalue weighted by Crippen LogP contribution is -2.41. The molecular weight excluding hydrogens is 224 g/mol. The van der Waals surface area contributed by atoms with E-state index >= 15 is 0 Å². The Labute approximate surface area is 110 Å². The Hall–Kier alpha value is -1.06. The first-order chi connectivity index (χ1) is 8.65. The van der Waals surface area contributed by atoms with Gasteiger partial charge in [0.05, 0.1) is 0 Å². The number of benzene rings is 1. The summed E-state index contributed by atoms with van der Waals surface area (Å²) >= 11 is 0. The molecule has 0 aromatic heterocycles. The molecule has 0 spiro atoms. The molecule has 2 rings (SSSR count). The van der Waals surface area contributed by atoms with Crippen molar-refractivity contribution in [3.63, 3.8) is 0 Å². The van der Waals surface area contributed by atoms with Gasteiger partial charge in [-0.25, -0.2) is 0 Å². The largest absolute Gasteiger partial charge is 0.492 e. The van der Waals surface area contributed by atoms with E-state index in [1.807, 2.05) is 0 Å². The van der Waals surface area contributed by atoms with Crippen molar-refractivity contribution < 1.29 is 4.74 Å². The summed E-state index contributed by atoms with van der Waals surface area (Å²) in [5, 5.41) is 0. The number of rotatable bonds is 4. The topological polar surface area (TPSA) is 38.5 Å². The second kappa shape index (κ2) is 6.21. The molecule has 1 fully saturated rings. The molecule has 1 aromatic rings. The van der Waals surface area contributed by atoms with Gasteiger partial charge in [-0.2, -0.15) is 0 Å². The average molecular weight is 248 g/mol. The van der Waals surface area contributed by atoms with Crippen molar-refractivity contribution in [2.24, 2.45) is 5.73 Å². The highest BCUT2D eigenvalue weighted by Crippen LogP contribution is 2.19. The summed E-state index contributed by atoms with van der Waals surface area (Å²) in [6.07, 6.45) is 2.23. The monoisotopic (exact) mass is 248 g/mol. The van der Waals surface area contributed by atoms with Gasteiger partial charge >= 0.3 is 0 Å². The van der Waals surface area contributed by atoms with E-state index in [1.54, 1.807) is 0 Å². The van der Waals surface area contributed by atoms with Crippen LogP contribution in [0.2, 0.25) is 0 Å². The molecule has 1 aliphatic heterocycles. The van der Waals surface area contributed by atoms with Gasteiger partial charge in [-0.1, -0.05) is 12.1 Å². The van der Waals surface area contributed by atoms with Crippen LogP contribution in [-0.2, 0) is 0 Å². The molecule has 0 saturated carbocycles. The van der Waals surface area contributed by atoms with Gasteiger partial charge in [0, 0.05) is 12.6 Å². The summed E-state index contributed by atoms with van der Waals surface area (Å²) in [5.41, 5.74) is 8.35. The van der Waals surface area contributed by atoms with E-state index in [0.29, 0.717) is 6.04 Å². The molecule has 0 atom stereocenters. The normalized spacial score (nSPS) is 17.9. The van der Waals surface area contributed by atoms with Gasteiger partial charge in [0.15, 0.2) is 0 Å². The van der Waals surface area contributed by atoms with E-state index in [2.05, 4.69) is 36.9 Å². The molecule has 1 saturated heterocycles. The molecular formula is C15H24N2O. The van der Waals surface area contributed by atoms with Gasteiger partial charge in [-0.15, -0.1) is 0 Å². The van der Waals surface area contributed by atoms with Crippen molar-refractivity contribution in [3.8, 4) is 5.75 Å². The zero-order valence-electron chi connectivity index (χ0n) is 11.5. The molecule has 0 radical (unpaired) electrons. The zero-order valence-corrected chi connectivity index (χ0v) is 11.5. The fraction of sp³-hybridized carbons (Fsp3) is 0.600. The Morgan fingerprint density at radius 3 is 2.72 bits per heavy atom. The minimum atomic E-state index is 0.404. The van der Waals surface area contributed by atoms with Crippen LogP contribution in [-0.4, -0.2) is 37.2 Å². The van der Waals surface area contributed by atoms with E-state index < -0.39 is 0 Å². The Balaban J connectivity index is 1.76. The van der Waals surface area contributed by atoms with E-state index in [4.69, 9.17) is 10.5 Å². The summed E-state index contributed by atoms with van der Waals surface area (Å²) in [5.74, 6) is 1.02. The van der Waals surface area contributed by atoms with Crippen molar-refractivity contribution in [1.82, 2.24) is 4.90 Å². The van der Waals surface area contributed by atoms with Crippen LogP contribution < -0.4 is 10.5 Å². The zero-order chi connectivity index (χ0) is 13.0. The molecule has 18 heavy (non-hydrogen) atoms. The lowest BCUT2D eigenvalue weighted by atomic mass is 10.1. The van der Waals surface area contributed by atoms with Gasteiger partial charge in [-0.3, -0.25) is 4.90 Å². The van der Waals surface area contributed by atoms with Gasteiger partial charge in [0.25, 0.3) is 0 Å². The van der Waals surface area contributed by atoms with Crippen molar-refractivity contribution in [2.45, 2.75) is 32.7 Å². The van der Waals surface area contributed by atoms with E-state index in [0.717, 1.165) is 44.8 Å². The van der Waals surface area contributed by atoms with Crippen molar-refractivity contribution in [2.75, 3.05) is 26.2 Å². The molecule has 0 amide bonds. The highest BCUT2D eigenvalue weighted by molar-refractivity contribution is 5.35. The van der Waals surface area contributed by atoms with E-state index in [1.165, 1.54) is 11.1 Å². The number of likely N-dealkylation sites (tertiary alicyclic amines) is 1. The number of nitrogens with zero attached hydrogens (tertiary/aromatic N) is 1. The Morgan fingerprint density at radius 2 is 2.00 bits per heavy atom. The summed E-state index contributed by atoms with van der Waals surface area (Å²) in [7, 11) is 0. The second-order valence-corrected chi connectivity index (χ2v) is 5.30. The predicted octanol–water partition coefficient (Wildman–Crippen LogP) is 2.11. The predicted molar refractivity (Wildman–Crippen MR) is 75.1 cm³/mol. The minimum absolute atomic E-state index is 0.404. The smallest absolute Gasteiger partial charge is 0.122 e. The van der Waals surface area contributed by atoms with E-state index in [9.17, 15) is 0 Å². The fourth-order valence-corrected chi connectivity index (χ4v) is 2.32. The summed E-state index contributed by atoms with van der Waals surface area (Å²) < 4.78 is 5.87. The molecule has 2 N–H and O–H groups in total. The van der Waals surface area contributed by atoms with Crippen LogP contribution in [0, 0.1) is 13.8 Å². The maximum Gasteiger partial charge on any atom is 0.122 e. The van der Waals surface area contributed by atoms with Crippen molar-refractivity contribution in [1.29, 1.82) is 0 Å². The van der Waals surface area contributed by atoms with Crippen LogP contribution in [0.25, 0.3) is 0 Å². The summed E-state index contributed by atoms with van der Waals surface area (Å²) in [6, 6.07) is 6.75. The van der Waals surface area contributed by atoms with Crippen molar-refractivity contribution in [3.05, 3.63) is 29.3 Å². The molecule has 1 aliphatic rings. The molecule has 3 heteroatoms. The molecule has 0 bridgehead atoms. The minimum Gasteiger partial charge on any atom is -0.492 e. The van der Waals surface area contributed by atoms with Crippen LogP contribution in [0.15, 0.2) is 18.2 Å². The molecule has 1 heterocycles. The molecule has 3 nitrogen and oxygen atoms in total. The summed E-state index contributed by atoms with van der Waals surface area (Å²) in [6.45, 7) is 8.17. The van der Waals surface area contributed by atoms with Gasteiger partial charge in [-0.05, 0) is 57.0 Å². The SMILES string of the molecule is Cc1ccc(C)c(OCCN2CCC(N)CC2)c1. The first-order valence-electron chi connectivity index (χ1n) is 6.83. The lowest BCUT2D eigenvalue weighted by molar-refractivity contribution is 0.174. The van der Waals surface area contributed by atoms with E-state index in [-0.39, 0.29) is 0 Å². The van der Waals surface area contributed by atoms with Crippen LogP contribution in [0.5, 0.6) is 5.75 Å². The van der Waals surface area contributed by atoms with Crippen LogP contribution in [0.3, 0.4) is 0 Å². The summed E-state index contributed by atoms with van der Waals surface area (Å²) in [4.78, 5) is 2.44. The second-order valence-electron chi connectivity index (χ2n) is 5.30. The number of hydrogen-bond donors (Lipinski definition) is 1. The Kier molecular flexibility index (Phi) is 4.61. The highest BCUT2D eigenvalue weighted by Gasteiger charge is 2.15. The van der Waals surface area contributed by atoms with Gasteiger partial charge in [0.1, 0.15) is 12.4 Å². The lowest BCUT2D eigenvalue weighted by Gasteiger charge is -2.29. The molecule has 0 aliphatic carbocycles. The number of aryl methyl sites for hydroxylation is 2. The maximum absolute atomic E-state index is 5.90. The Morgan fingerprint density at radius 1 is 1.28 bits per heavy atom. The highest BCUT2D eigenvalue weighted by atomic mass is 16.5. The third-order valence-electron chi connectivity index (χ3n) is 3.64. The fourth-order valence-electron chi connectivity index (χ4n) is 2.32. The average Bonchev–Trinajstić information content (AvgIpc) is 2.36. The molecule has 1 aromatic carbocycles. The van der Waals surface area contributed by atoms with Crippen LogP contribution in [0.4, 0.5) is 0 Å². The van der Waals surface area contributed by atoms with Crippen LogP contribution >= 0.6 is 0 Å². The molecule has 0 unspecified atom stereocenters. The third-order valence-corrected chi connectivity index (χ3v) is 3.64. The number of hydrogen-bond acceptors (Lipinski definition) is 3. The van der Waals surface area contributed by atoms with Gasteiger partial charge < -0.3 is 10.5 Å².